The number of aromatic nitrogens is 1. The maximum absolute atomic E-state index is 14.1. The fourth-order valence-electron chi connectivity index (χ4n) is 4.05. The number of halogens is 2. The van der Waals surface area contributed by atoms with Crippen molar-refractivity contribution in [2.45, 2.75) is 44.8 Å². The molecule has 186 valence electrons. The SMILES string of the molecule is CN=C/C(=C\N)NC(=O)[C@H](C[C@H]1CC[C@H](F)C1)NC(=O)c1cccc(Nc2cc(C)ncc2F)c1. The Bertz CT molecular complexity index is 1120. The highest BCUT2D eigenvalue weighted by Crippen LogP contribution is 2.31. The van der Waals surface area contributed by atoms with E-state index in [9.17, 15) is 18.4 Å². The number of nitrogens with two attached hydrogens (primary N) is 1. The first-order valence-electron chi connectivity index (χ1n) is 11.4. The Morgan fingerprint density at radius 2 is 2.11 bits per heavy atom. The largest absolute Gasteiger partial charge is 0.403 e. The summed E-state index contributed by atoms with van der Waals surface area (Å²) in [7, 11) is 1.54. The van der Waals surface area contributed by atoms with Crippen LogP contribution >= 0.6 is 0 Å². The van der Waals surface area contributed by atoms with Gasteiger partial charge in [-0.2, -0.15) is 0 Å². The zero-order valence-corrected chi connectivity index (χ0v) is 19.7. The zero-order chi connectivity index (χ0) is 25.4. The number of allylic oxidation sites excluding steroid dienone is 1. The number of aliphatic imine (C=N–C) groups is 1. The highest BCUT2D eigenvalue weighted by molar-refractivity contribution is 5.99. The predicted molar refractivity (Wildman–Crippen MR) is 132 cm³/mol. The zero-order valence-electron chi connectivity index (χ0n) is 19.7. The Hall–Kier alpha value is -3.82. The van der Waals surface area contributed by atoms with Gasteiger partial charge in [-0.1, -0.05) is 6.07 Å². The molecule has 3 rings (SSSR count). The molecule has 1 aliphatic carbocycles. The number of carbonyl (C=O) groups is 2. The number of carbonyl (C=O) groups excluding carboxylic acids is 2. The van der Waals surface area contributed by atoms with Crippen molar-refractivity contribution in [3.05, 3.63) is 65.5 Å². The number of rotatable bonds is 9. The highest BCUT2D eigenvalue weighted by atomic mass is 19.1. The maximum atomic E-state index is 14.1. The summed E-state index contributed by atoms with van der Waals surface area (Å²) in [5, 5.41) is 8.35. The Kier molecular flexibility index (Phi) is 8.88. The second kappa shape index (κ2) is 12.0. The quantitative estimate of drug-likeness (QED) is 0.406. The van der Waals surface area contributed by atoms with Crippen molar-refractivity contribution in [1.82, 2.24) is 15.6 Å². The van der Waals surface area contributed by atoms with Crippen LogP contribution in [0.3, 0.4) is 0 Å². The lowest BCUT2D eigenvalue weighted by atomic mass is 9.97. The van der Waals surface area contributed by atoms with Crippen LogP contribution in [0.15, 0.2) is 53.4 Å². The van der Waals surface area contributed by atoms with Crippen molar-refractivity contribution in [1.29, 1.82) is 0 Å². The molecule has 3 atom stereocenters. The lowest BCUT2D eigenvalue weighted by Gasteiger charge is -2.22. The third kappa shape index (κ3) is 7.33. The fraction of sp³-hybridized carbons (Fsp3) is 0.360. The number of alkyl halides is 1. The average molecular weight is 485 g/mol. The Balaban J connectivity index is 1.76. The van der Waals surface area contributed by atoms with Crippen molar-refractivity contribution in [3.63, 3.8) is 0 Å². The van der Waals surface area contributed by atoms with Gasteiger partial charge in [0.1, 0.15) is 12.2 Å². The van der Waals surface area contributed by atoms with Crippen LogP contribution in [-0.2, 0) is 4.79 Å². The van der Waals surface area contributed by atoms with E-state index in [1.165, 1.54) is 19.5 Å². The third-order valence-corrected chi connectivity index (χ3v) is 5.78. The molecular weight excluding hydrogens is 454 g/mol. The van der Waals surface area contributed by atoms with Gasteiger partial charge in [-0.25, -0.2) is 8.78 Å². The molecule has 8 nitrogen and oxygen atoms in total. The molecule has 1 saturated carbocycles. The number of hydrogen-bond acceptors (Lipinski definition) is 6. The van der Waals surface area contributed by atoms with Crippen LogP contribution in [0.25, 0.3) is 0 Å². The van der Waals surface area contributed by atoms with Gasteiger partial charge in [-0.05, 0) is 62.8 Å². The smallest absolute Gasteiger partial charge is 0.252 e. The second-order valence-corrected chi connectivity index (χ2v) is 8.55. The number of aryl methyl sites for hydroxylation is 1. The molecule has 2 aromatic rings. The van der Waals surface area contributed by atoms with Crippen molar-refractivity contribution in [2.24, 2.45) is 16.6 Å². The highest BCUT2D eigenvalue weighted by Gasteiger charge is 2.31. The standard InChI is InChI=1S/C25H30F2N6O2/c1-15-8-22(21(27)14-30-15)31-19-5-3-4-17(11-19)24(34)33-23(10-16-6-7-18(26)9-16)25(35)32-20(12-28)13-29-2/h3-5,8,11-14,16,18,23H,6-7,9-10,28H2,1-2H3,(H,30,31)(H,32,35)(H,33,34)/b20-12+,29-13?/t16-,18-,23-/m0/s1. The van der Waals surface area contributed by atoms with E-state index in [4.69, 9.17) is 5.73 Å². The molecule has 0 spiro atoms. The van der Waals surface area contributed by atoms with Gasteiger partial charge in [0.25, 0.3) is 5.91 Å². The Labute approximate surface area is 203 Å². The summed E-state index contributed by atoms with van der Waals surface area (Å²) in [6.45, 7) is 1.74. The van der Waals surface area contributed by atoms with E-state index in [1.807, 2.05) is 0 Å². The van der Waals surface area contributed by atoms with Crippen molar-refractivity contribution >= 4 is 29.4 Å². The fourth-order valence-corrected chi connectivity index (χ4v) is 4.05. The van der Waals surface area contributed by atoms with Crippen LogP contribution in [0.5, 0.6) is 0 Å². The Morgan fingerprint density at radius 1 is 1.31 bits per heavy atom. The van der Waals surface area contributed by atoms with Gasteiger partial charge < -0.3 is 21.7 Å². The van der Waals surface area contributed by atoms with Gasteiger partial charge in [0, 0.05) is 36.4 Å². The second-order valence-electron chi connectivity index (χ2n) is 8.55. The normalized spacial score (nSPS) is 18.9. The first-order valence-corrected chi connectivity index (χ1v) is 11.4. The molecule has 1 aromatic carbocycles. The summed E-state index contributed by atoms with van der Waals surface area (Å²) in [4.78, 5) is 33.8. The molecule has 0 bridgehead atoms. The van der Waals surface area contributed by atoms with Crippen LogP contribution in [0.4, 0.5) is 20.2 Å². The van der Waals surface area contributed by atoms with Crippen molar-refractivity contribution < 1.29 is 18.4 Å². The van der Waals surface area contributed by atoms with Crippen LogP contribution in [0.1, 0.15) is 41.7 Å². The van der Waals surface area contributed by atoms with Crippen molar-refractivity contribution in [3.8, 4) is 0 Å². The molecule has 35 heavy (non-hydrogen) atoms. The summed E-state index contributed by atoms with van der Waals surface area (Å²) < 4.78 is 27.8. The number of benzene rings is 1. The van der Waals surface area contributed by atoms with Gasteiger partial charge in [-0.3, -0.25) is 19.6 Å². The van der Waals surface area contributed by atoms with Gasteiger partial charge in [-0.15, -0.1) is 0 Å². The van der Waals surface area contributed by atoms with E-state index in [2.05, 4.69) is 25.9 Å². The third-order valence-electron chi connectivity index (χ3n) is 5.78. The van der Waals surface area contributed by atoms with Crippen LogP contribution in [0, 0.1) is 18.7 Å². The number of amides is 2. The molecular formula is C25H30F2N6O2. The number of pyridine rings is 1. The lowest BCUT2D eigenvalue weighted by molar-refractivity contribution is -0.122. The minimum atomic E-state index is -0.907. The minimum absolute atomic E-state index is 0.0305. The van der Waals surface area contributed by atoms with Crippen LogP contribution in [-0.4, -0.2) is 42.3 Å². The molecule has 0 radical (unpaired) electrons. The molecule has 1 aromatic heterocycles. The van der Waals surface area contributed by atoms with E-state index < -0.39 is 29.8 Å². The van der Waals surface area contributed by atoms with Gasteiger partial charge in [0.15, 0.2) is 5.82 Å². The minimum Gasteiger partial charge on any atom is -0.403 e. The molecule has 1 heterocycles. The van der Waals surface area contributed by atoms with Gasteiger partial charge in [0.2, 0.25) is 5.91 Å². The molecule has 1 fully saturated rings. The number of hydrogen-bond donors (Lipinski definition) is 4. The first kappa shape index (κ1) is 25.8. The van der Waals surface area contributed by atoms with Crippen LogP contribution < -0.4 is 21.7 Å². The summed E-state index contributed by atoms with van der Waals surface area (Å²) in [5.41, 5.74) is 7.46. The molecule has 10 heteroatoms. The monoisotopic (exact) mass is 484 g/mol. The van der Waals surface area contributed by atoms with Crippen LogP contribution in [0.2, 0.25) is 0 Å². The number of anilines is 2. The summed E-state index contributed by atoms with van der Waals surface area (Å²) in [6, 6.07) is 7.14. The van der Waals surface area contributed by atoms with E-state index in [1.54, 1.807) is 37.3 Å². The summed E-state index contributed by atoms with van der Waals surface area (Å²) in [5.74, 6) is -1.51. The van der Waals surface area contributed by atoms with Crippen molar-refractivity contribution in [2.75, 3.05) is 12.4 Å². The molecule has 5 N–H and O–H groups in total. The van der Waals surface area contributed by atoms with Gasteiger partial charge in [0.05, 0.1) is 17.6 Å². The summed E-state index contributed by atoms with van der Waals surface area (Å²) in [6.07, 6.45) is 4.55. The van der Waals surface area contributed by atoms with E-state index in [0.717, 1.165) is 6.20 Å². The lowest BCUT2D eigenvalue weighted by Crippen LogP contribution is -2.47. The van der Waals surface area contributed by atoms with Gasteiger partial charge >= 0.3 is 0 Å². The topological polar surface area (TPSA) is 121 Å². The van der Waals surface area contributed by atoms with E-state index in [-0.39, 0.29) is 22.9 Å². The van der Waals surface area contributed by atoms with E-state index in [0.29, 0.717) is 37.1 Å². The molecule has 0 unspecified atom stereocenters. The Morgan fingerprint density at radius 3 is 2.80 bits per heavy atom. The maximum Gasteiger partial charge on any atom is 0.252 e. The summed E-state index contributed by atoms with van der Waals surface area (Å²) >= 11 is 0. The van der Waals surface area contributed by atoms with E-state index >= 15 is 0 Å². The molecule has 0 saturated heterocycles. The molecule has 0 aliphatic heterocycles. The molecule has 1 aliphatic rings. The predicted octanol–water partition coefficient (Wildman–Crippen LogP) is 3.52. The first-order chi connectivity index (χ1) is 16.8. The average Bonchev–Trinajstić information content (AvgIpc) is 3.25. The number of nitrogens with one attached hydrogen (secondary N) is 3. The molecule has 2 amide bonds. The number of nitrogens with zero attached hydrogens (tertiary/aromatic N) is 2.